The summed E-state index contributed by atoms with van der Waals surface area (Å²) in [5.41, 5.74) is 0.987. The molecule has 1 aromatic heterocycles. The summed E-state index contributed by atoms with van der Waals surface area (Å²) < 4.78 is 18.4. The molecule has 0 spiro atoms. The molecule has 90 valence electrons. The van der Waals surface area contributed by atoms with Gasteiger partial charge in [-0.05, 0) is 30.5 Å². The van der Waals surface area contributed by atoms with Gasteiger partial charge in [0.05, 0.1) is 0 Å². The lowest BCUT2D eigenvalue weighted by Crippen LogP contribution is -2.02. The van der Waals surface area contributed by atoms with Crippen LogP contribution in [0.2, 0.25) is 0 Å². The summed E-state index contributed by atoms with van der Waals surface area (Å²) in [6.45, 7) is 3.95. The fourth-order valence-corrected chi connectivity index (χ4v) is 1.90. The summed E-state index contributed by atoms with van der Waals surface area (Å²) in [6, 6.07) is 4.04. The summed E-state index contributed by atoms with van der Waals surface area (Å²) in [5, 5.41) is 9.61. The van der Waals surface area contributed by atoms with Crippen LogP contribution in [0.15, 0.2) is 22.6 Å². The van der Waals surface area contributed by atoms with Gasteiger partial charge in [0.25, 0.3) is 0 Å². The second-order valence-electron chi connectivity index (χ2n) is 4.45. The van der Waals surface area contributed by atoms with Gasteiger partial charge in [-0.1, -0.05) is 13.8 Å². The minimum Gasteiger partial charge on any atom is -0.475 e. The smallest absolute Gasteiger partial charge is 0.372 e. The number of carboxylic acid groups (broad SMARTS) is 1. The van der Waals surface area contributed by atoms with Gasteiger partial charge >= 0.3 is 5.97 Å². The van der Waals surface area contributed by atoms with E-state index in [2.05, 4.69) is 0 Å². The number of aromatic carboxylic acids is 1. The van der Waals surface area contributed by atoms with Crippen LogP contribution in [0.4, 0.5) is 4.39 Å². The molecule has 0 saturated carbocycles. The third-order valence-electron chi connectivity index (χ3n) is 2.56. The Labute approximate surface area is 97.9 Å². The van der Waals surface area contributed by atoms with Crippen molar-refractivity contribution in [3.63, 3.8) is 0 Å². The molecule has 0 atom stereocenters. The van der Waals surface area contributed by atoms with E-state index in [0.29, 0.717) is 23.0 Å². The lowest BCUT2D eigenvalue weighted by molar-refractivity contribution is 0.0663. The Morgan fingerprint density at radius 3 is 2.76 bits per heavy atom. The van der Waals surface area contributed by atoms with E-state index in [4.69, 9.17) is 9.52 Å². The maximum Gasteiger partial charge on any atom is 0.372 e. The zero-order chi connectivity index (χ0) is 12.6. The van der Waals surface area contributed by atoms with E-state index in [9.17, 15) is 9.18 Å². The molecule has 0 bridgehead atoms. The van der Waals surface area contributed by atoms with Crippen molar-refractivity contribution in [2.45, 2.75) is 20.3 Å². The highest BCUT2D eigenvalue weighted by Gasteiger charge is 2.20. The van der Waals surface area contributed by atoms with E-state index in [1.165, 1.54) is 18.2 Å². The normalized spacial score (nSPS) is 11.3. The van der Waals surface area contributed by atoms with Crippen LogP contribution >= 0.6 is 0 Å². The number of carboxylic acids is 1. The zero-order valence-electron chi connectivity index (χ0n) is 9.66. The van der Waals surface area contributed by atoms with Gasteiger partial charge in [0.15, 0.2) is 0 Å². The second kappa shape index (κ2) is 4.20. The van der Waals surface area contributed by atoms with Crippen molar-refractivity contribution in [1.82, 2.24) is 0 Å². The number of rotatable bonds is 3. The molecule has 1 N–H and O–H groups in total. The fraction of sp³-hybridized carbons (Fsp3) is 0.308. The third kappa shape index (κ3) is 2.16. The Morgan fingerprint density at radius 2 is 2.18 bits per heavy atom. The lowest BCUT2D eigenvalue weighted by atomic mass is 10.00. The summed E-state index contributed by atoms with van der Waals surface area (Å²) in [7, 11) is 0. The van der Waals surface area contributed by atoms with Crippen LogP contribution in [0.1, 0.15) is 30.0 Å². The van der Waals surface area contributed by atoms with Crippen molar-refractivity contribution in [2.75, 3.05) is 0 Å². The van der Waals surface area contributed by atoms with E-state index in [0.717, 1.165) is 0 Å². The molecule has 0 radical (unpaired) electrons. The SMILES string of the molecule is CC(C)Cc1c(C(=O)O)oc2ccc(F)cc12. The molecular weight excluding hydrogens is 223 g/mol. The number of hydrogen-bond donors (Lipinski definition) is 1. The Morgan fingerprint density at radius 1 is 1.47 bits per heavy atom. The highest BCUT2D eigenvalue weighted by Crippen LogP contribution is 2.28. The van der Waals surface area contributed by atoms with Crippen molar-refractivity contribution in [3.05, 3.63) is 35.3 Å². The molecule has 0 fully saturated rings. The molecule has 0 aliphatic rings. The maximum absolute atomic E-state index is 13.2. The molecule has 0 aliphatic carbocycles. The van der Waals surface area contributed by atoms with Gasteiger partial charge in [0.1, 0.15) is 11.4 Å². The van der Waals surface area contributed by atoms with Crippen LogP contribution in [0, 0.1) is 11.7 Å². The van der Waals surface area contributed by atoms with E-state index >= 15 is 0 Å². The molecule has 1 aromatic carbocycles. The highest BCUT2D eigenvalue weighted by atomic mass is 19.1. The lowest BCUT2D eigenvalue weighted by Gasteiger charge is -2.03. The van der Waals surface area contributed by atoms with Crippen LogP contribution in [-0.4, -0.2) is 11.1 Å². The molecule has 17 heavy (non-hydrogen) atoms. The fourth-order valence-electron chi connectivity index (χ4n) is 1.90. The summed E-state index contributed by atoms with van der Waals surface area (Å²) in [6.07, 6.45) is 0.554. The van der Waals surface area contributed by atoms with Crippen molar-refractivity contribution in [2.24, 2.45) is 5.92 Å². The first-order chi connectivity index (χ1) is 7.99. The molecule has 0 amide bonds. The van der Waals surface area contributed by atoms with E-state index in [1.807, 2.05) is 13.8 Å². The van der Waals surface area contributed by atoms with Gasteiger partial charge in [-0.15, -0.1) is 0 Å². The molecule has 2 aromatic rings. The first-order valence-electron chi connectivity index (χ1n) is 5.43. The van der Waals surface area contributed by atoms with Gasteiger partial charge in [0.2, 0.25) is 5.76 Å². The van der Waals surface area contributed by atoms with Crippen LogP contribution in [0.3, 0.4) is 0 Å². The molecular formula is C13H13FO3. The highest BCUT2D eigenvalue weighted by molar-refractivity contribution is 5.95. The van der Waals surface area contributed by atoms with Gasteiger partial charge < -0.3 is 9.52 Å². The monoisotopic (exact) mass is 236 g/mol. The van der Waals surface area contributed by atoms with Gasteiger partial charge in [0, 0.05) is 10.9 Å². The van der Waals surface area contributed by atoms with E-state index in [-0.39, 0.29) is 17.5 Å². The van der Waals surface area contributed by atoms with Crippen molar-refractivity contribution in [3.8, 4) is 0 Å². The van der Waals surface area contributed by atoms with Crippen molar-refractivity contribution >= 4 is 16.9 Å². The largest absolute Gasteiger partial charge is 0.475 e. The van der Waals surface area contributed by atoms with Crippen LogP contribution in [-0.2, 0) is 6.42 Å². The Hall–Kier alpha value is -1.84. The van der Waals surface area contributed by atoms with Gasteiger partial charge in [-0.2, -0.15) is 0 Å². The summed E-state index contributed by atoms with van der Waals surface area (Å²) >= 11 is 0. The number of furan rings is 1. The predicted molar refractivity (Wildman–Crippen MR) is 61.7 cm³/mol. The molecule has 0 saturated heterocycles. The maximum atomic E-state index is 13.2. The standard InChI is InChI=1S/C13H13FO3/c1-7(2)5-10-9-6-8(14)3-4-11(9)17-12(10)13(15)16/h3-4,6-7H,5H2,1-2H3,(H,15,16). The molecule has 0 unspecified atom stereocenters. The number of carbonyl (C=O) groups is 1. The van der Waals surface area contributed by atoms with Crippen molar-refractivity contribution in [1.29, 1.82) is 0 Å². The minimum absolute atomic E-state index is 0.0840. The summed E-state index contributed by atoms with van der Waals surface area (Å²) in [5.74, 6) is -1.31. The van der Waals surface area contributed by atoms with E-state index < -0.39 is 5.97 Å². The predicted octanol–water partition coefficient (Wildman–Crippen LogP) is 3.47. The molecule has 0 aliphatic heterocycles. The van der Waals surface area contributed by atoms with Crippen LogP contribution in [0.25, 0.3) is 11.0 Å². The van der Waals surface area contributed by atoms with Gasteiger partial charge in [-0.3, -0.25) is 0 Å². The number of hydrogen-bond acceptors (Lipinski definition) is 2. The van der Waals surface area contributed by atoms with Crippen LogP contribution < -0.4 is 0 Å². The molecule has 3 nitrogen and oxygen atoms in total. The number of halogens is 1. The first kappa shape index (κ1) is 11.6. The third-order valence-corrected chi connectivity index (χ3v) is 2.56. The first-order valence-corrected chi connectivity index (χ1v) is 5.43. The minimum atomic E-state index is -1.11. The topological polar surface area (TPSA) is 50.4 Å². The molecule has 1 heterocycles. The quantitative estimate of drug-likeness (QED) is 0.887. The Balaban J connectivity index is 2.68. The Kier molecular flexibility index (Phi) is 2.88. The number of fused-ring (bicyclic) bond motifs is 1. The van der Waals surface area contributed by atoms with Crippen LogP contribution in [0.5, 0.6) is 0 Å². The average molecular weight is 236 g/mol. The van der Waals surface area contributed by atoms with Crippen molar-refractivity contribution < 1.29 is 18.7 Å². The summed E-state index contributed by atoms with van der Waals surface area (Å²) in [4.78, 5) is 11.1. The molecule has 4 heteroatoms. The van der Waals surface area contributed by atoms with Gasteiger partial charge in [-0.25, -0.2) is 9.18 Å². The zero-order valence-corrected chi connectivity index (χ0v) is 9.66. The Bertz CT molecular complexity index is 569. The van der Waals surface area contributed by atoms with E-state index in [1.54, 1.807) is 0 Å². The number of benzene rings is 1. The second-order valence-corrected chi connectivity index (χ2v) is 4.45. The molecule has 2 rings (SSSR count). The average Bonchev–Trinajstić information content (AvgIpc) is 2.56.